The molecule has 1 heterocycles. The maximum absolute atomic E-state index is 11.7. The van der Waals surface area contributed by atoms with Crippen molar-refractivity contribution >= 4 is 33.1 Å². The molecule has 1 aliphatic heterocycles. The van der Waals surface area contributed by atoms with Crippen LogP contribution in [-0.2, 0) is 14.9 Å². The molecule has 0 aromatic heterocycles. The SMILES string of the molecule is CC1=NN(c2ccc(S(=O)(=O)O)c(N=NN)c2)C(=O)C1. The van der Waals surface area contributed by atoms with Crippen LogP contribution in [-0.4, -0.2) is 24.6 Å². The lowest BCUT2D eigenvalue weighted by Gasteiger charge is -2.13. The minimum absolute atomic E-state index is 0.181. The minimum atomic E-state index is -4.47. The van der Waals surface area contributed by atoms with Crippen LogP contribution >= 0.6 is 0 Å². The largest absolute Gasteiger partial charge is 0.305 e. The van der Waals surface area contributed by atoms with E-state index in [2.05, 4.69) is 15.4 Å². The van der Waals surface area contributed by atoms with Gasteiger partial charge in [0.15, 0.2) is 0 Å². The van der Waals surface area contributed by atoms with Crippen molar-refractivity contribution in [3.05, 3.63) is 18.2 Å². The topological polar surface area (TPSA) is 138 Å². The highest BCUT2D eigenvalue weighted by Gasteiger charge is 2.25. The molecule has 2 rings (SSSR count). The van der Waals surface area contributed by atoms with Crippen molar-refractivity contribution in [3.8, 4) is 0 Å². The number of rotatable bonds is 3. The monoisotopic (exact) mass is 297 g/mol. The molecule has 3 N–H and O–H groups in total. The molecule has 0 spiro atoms. The van der Waals surface area contributed by atoms with E-state index in [0.717, 1.165) is 11.1 Å². The van der Waals surface area contributed by atoms with Crippen LogP contribution in [0.1, 0.15) is 13.3 Å². The third kappa shape index (κ3) is 2.65. The molecule has 0 saturated heterocycles. The molecule has 10 heteroatoms. The second-order valence-corrected chi connectivity index (χ2v) is 5.45. The fourth-order valence-corrected chi connectivity index (χ4v) is 2.36. The highest BCUT2D eigenvalue weighted by molar-refractivity contribution is 7.86. The van der Waals surface area contributed by atoms with Gasteiger partial charge in [0.1, 0.15) is 10.6 Å². The first-order chi connectivity index (χ1) is 9.32. The average Bonchev–Trinajstić information content (AvgIpc) is 2.67. The quantitative estimate of drug-likeness (QED) is 0.371. The molecule has 0 radical (unpaired) electrons. The van der Waals surface area contributed by atoms with E-state index < -0.39 is 15.0 Å². The molecular formula is C10H11N5O4S. The summed E-state index contributed by atoms with van der Waals surface area (Å²) < 4.78 is 31.4. The lowest BCUT2D eigenvalue weighted by molar-refractivity contribution is -0.116. The first-order valence-electron chi connectivity index (χ1n) is 5.42. The van der Waals surface area contributed by atoms with Crippen molar-refractivity contribution < 1.29 is 17.8 Å². The van der Waals surface area contributed by atoms with Crippen LogP contribution in [0.2, 0.25) is 0 Å². The van der Waals surface area contributed by atoms with E-state index in [1.165, 1.54) is 12.1 Å². The Bertz CT molecular complexity index is 725. The first-order valence-corrected chi connectivity index (χ1v) is 6.86. The smallest absolute Gasteiger partial charge is 0.296 e. The molecule has 9 nitrogen and oxygen atoms in total. The van der Waals surface area contributed by atoms with Crippen LogP contribution in [0.5, 0.6) is 0 Å². The van der Waals surface area contributed by atoms with Gasteiger partial charge in [-0.3, -0.25) is 9.35 Å². The number of benzene rings is 1. The van der Waals surface area contributed by atoms with Gasteiger partial charge in [0, 0.05) is 5.71 Å². The Labute approximate surface area is 114 Å². The lowest BCUT2D eigenvalue weighted by atomic mass is 10.2. The summed E-state index contributed by atoms with van der Waals surface area (Å²) in [5.74, 6) is 4.65. The van der Waals surface area contributed by atoms with Gasteiger partial charge in [-0.05, 0) is 25.1 Å². The van der Waals surface area contributed by atoms with Crippen LogP contribution in [0.15, 0.2) is 38.5 Å². The van der Waals surface area contributed by atoms with Crippen molar-refractivity contribution in [2.45, 2.75) is 18.2 Å². The lowest BCUT2D eigenvalue weighted by Crippen LogP contribution is -2.19. The Kier molecular flexibility index (Phi) is 3.51. The van der Waals surface area contributed by atoms with Gasteiger partial charge in [-0.25, -0.2) is 5.01 Å². The number of nitrogens with zero attached hydrogens (tertiary/aromatic N) is 4. The van der Waals surface area contributed by atoms with Crippen LogP contribution in [0.4, 0.5) is 11.4 Å². The second kappa shape index (κ2) is 4.98. The van der Waals surface area contributed by atoms with Crippen molar-refractivity contribution in [3.63, 3.8) is 0 Å². The summed E-state index contributed by atoms with van der Waals surface area (Å²) in [6, 6.07) is 3.68. The Hall–Kier alpha value is -2.33. The number of hydrogen-bond acceptors (Lipinski definition) is 6. The van der Waals surface area contributed by atoms with Gasteiger partial charge >= 0.3 is 0 Å². The van der Waals surface area contributed by atoms with Crippen molar-refractivity contribution in [1.82, 2.24) is 0 Å². The van der Waals surface area contributed by atoms with Gasteiger partial charge in [0.2, 0.25) is 0 Å². The van der Waals surface area contributed by atoms with E-state index >= 15 is 0 Å². The van der Waals surface area contributed by atoms with E-state index in [4.69, 9.17) is 10.4 Å². The fraction of sp³-hybridized carbons (Fsp3) is 0.200. The molecular weight excluding hydrogens is 286 g/mol. The third-order valence-electron chi connectivity index (χ3n) is 2.54. The maximum Gasteiger partial charge on any atom is 0.296 e. The van der Waals surface area contributed by atoms with Crippen LogP contribution in [0, 0.1) is 0 Å². The van der Waals surface area contributed by atoms with Gasteiger partial charge in [-0.2, -0.15) is 13.5 Å². The van der Waals surface area contributed by atoms with Gasteiger partial charge in [-0.15, -0.1) is 5.11 Å². The van der Waals surface area contributed by atoms with E-state index in [1.807, 2.05) is 0 Å². The van der Waals surface area contributed by atoms with Gasteiger partial charge < -0.3 is 5.84 Å². The predicted octanol–water partition coefficient (Wildman–Crippen LogP) is 1.00. The zero-order valence-electron chi connectivity index (χ0n) is 10.4. The van der Waals surface area contributed by atoms with Crippen molar-refractivity contribution in [2.24, 2.45) is 21.3 Å². The normalized spacial score (nSPS) is 16.0. The van der Waals surface area contributed by atoms with Crippen LogP contribution in [0.3, 0.4) is 0 Å². The molecule has 20 heavy (non-hydrogen) atoms. The van der Waals surface area contributed by atoms with Gasteiger partial charge in [-0.1, -0.05) is 5.22 Å². The zero-order chi connectivity index (χ0) is 14.9. The molecule has 1 amide bonds. The summed E-state index contributed by atoms with van der Waals surface area (Å²) in [4.78, 5) is 11.2. The number of nitrogens with two attached hydrogens (primary N) is 1. The van der Waals surface area contributed by atoms with Crippen LogP contribution < -0.4 is 10.9 Å². The highest BCUT2D eigenvalue weighted by Crippen LogP contribution is 2.31. The molecule has 1 aromatic rings. The average molecular weight is 297 g/mol. The van der Waals surface area contributed by atoms with E-state index in [1.54, 1.807) is 6.92 Å². The molecule has 0 unspecified atom stereocenters. The second-order valence-electron chi connectivity index (χ2n) is 4.06. The molecule has 1 aromatic carbocycles. The molecule has 1 aliphatic rings. The third-order valence-corrected chi connectivity index (χ3v) is 3.45. The summed E-state index contributed by atoms with van der Waals surface area (Å²) in [5.41, 5.74) is 0.762. The number of anilines is 1. The summed E-state index contributed by atoms with van der Waals surface area (Å²) in [5, 5.41) is 11.6. The summed E-state index contributed by atoms with van der Waals surface area (Å²) >= 11 is 0. The zero-order valence-corrected chi connectivity index (χ0v) is 11.2. The fourth-order valence-electron chi connectivity index (χ4n) is 1.75. The highest BCUT2D eigenvalue weighted by atomic mass is 32.2. The van der Waals surface area contributed by atoms with Crippen LogP contribution in [0.25, 0.3) is 0 Å². The van der Waals surface area contributed by atoms with E-state index in [9.17, 15) is 13.2 Å². The molecule has 0 bridgehead atoms. The standard InChI is InChI=1S/C10H11N5O4S/c1-6-4-10(16)15(13-6)7-2-3-9(20(17,18)19)8(5-7)12-14-11/h2-3,5H,4H2,1H3,(H2,11,12)(H,17,18,19). The number of carbonyl (C=O) groups excluding carboxylic acids is 1. The van der Waals surface area contributed by atoms with E-state index in [-0.39, 0.29) is 18.0 Å². The molecule has 0 fully saturated rings. The number of amides is 1. The van der Waals surface area contributed by atoms with Crippen molar-refractivity contribution in [1.29, 1.82) is 0 Å². The Morgan fingerprint density at radius 1 is 1.45 bits per heavy atom. The molecule has 0 atom stereocenters. The van der Waals surface area contributed by atoms with E-state index in [0.29, 0.717) is 11.4 Å². The predicted molar refractivity (Wildman–Crippen MR) is 70.2 cm³/mol. The minimum Gasteiger partial charge on any atom is -0.305 e. The molecule has 106 valence electrons. The summed E-state index contributed by atoms with van der Waals surface area (Å²) in [7, 11) is -4.47. The number of hydrazone groups is 1. The molecule has 0 saturated carbocycles. The van der Waals surface area contributed by atoms with Gasteiger partial charge in [0.05, 0.1) is 12.1 Å². The number of carbonyl (C=O) groups is 1. The Morgan fingerprint density at radius 2 is 2.15 bits per heavy atom. The molecule has 0 aliphatic carbocycles. The number of hydrogen-bond donors (Lipinski definition) is 2. The Morgan fingerprint density at radius 3 is 2.65 bits per heavy atom. The maximum atomic E-state index is 11.7. The Balaban J connectivity index is 2.54. The van der Waals surface area contributed by atoms with Gasteiger partial charge in [0.25, 0.3) is 16.0 Å². The summed E-state index contributed by atoms with van der Waals surface area (Å²) in [6.45, 7) is 1.70. The summed E-state index contributed by atoms with van der Waals surface area (Å²) in [6.07, 6.45) is 0.188. The first kappa shape index (κ1) is 14.1. The van der Waals surface area contributed by atoms with Crippen molar-refractivity contribution in [2.75, 3.05) is 5.01 Å².